The molecular weight excluding hydrogens is 695 g/mol. The predicted molar refractivity (Wildman–Crippen MR) is 208 cm³/mol. The molecule has 2 fully saturated rings. The molecule has 10 nitrogen and oxygen atoms in total. The Morgan fingerprint density at radius 2 is 1.06 bits per heavy atom. The average Bonchev–Trinajstić information content (AvgIpc) is 3.78. The molecule has 4 N–H and O–H groups in total. The van der Waals surface area contributed by atoms with Crippen LogP contribution in [0.1, 0.15) is 61.7 Å². The molecule has 2 amide bonds. The highest BCUT2D eigenvalue weighted by molar-refractivity contribution is 6.39. The highest BCUT2D eigenvalue weighted by atomic mass is 35.5. The van der Waals surface area contributed by atoms with Gasteiger partial charge in [0.25, 0.3) is 0 Å². The molecule has 0 bridgehead atoms. The standard InChI is InChI=1S/C40H44Cl2N8O2/c1-49-19-17-31(43-21-23-9-15-35(51)45-23)29-11-13-33(47-39(29)49)27-7-3-5-25(37(27)41)26-6-4-8-28(38(26)42)34-14-12-30-32(18-20-50(2)40(30)48-34)44-22-24-10-16-36(52)46-24/h3-8,11-14,23-24,31-32,43-44H,9-10,15-22H2,1-2H3,(H,45,51)(H,46,52)/t23-,24-,31+,32+/m1/s1. The number of hydrogen-bond donors (Lipinski definition) is 4. The zero-order valence-electron chi connectivity index (χ0n) is 29.5. The summed E-state index contributed by atoms with van der Waals surface area (Å²) in [7, 11) is 4.15. The second-order valence-electron chi connectivity index (χ2n) is 14.5. The van der Waals surface area contributed by atoms with Crippen LogP contribution in [0.15, 0.2) is 60.7 Å². The van der Waals surface area contributed by atoms with Gasteiger partial charge in [0.1, 0.15) is 11.6 Å². The van der Waals surface area contributed by atoms with Crippen LogP contribution in [-0.4, -0.2) is 74.1 Å². The Labute approximate surface area is 314 Å². The van der Waals surface area contributed by atoms with E-state index in [4.69, 9.17) is 33.2 Å². The summed E-state index contributed by atoms with van der Waals surface area (Å²) in [5, 5.41) is 14.7. The predicted octanol–water partition coefficient (Wildman–Crippen LogP) is 6.28. The molecule has 0 spiro atoms. The Hall–Kier alpha value is -4.22. The number of nitrogens with one attached hydrogen (secondary N) is 4. The molecule has 0 saturated carbocycles. The Kier molecular flexibility index (Phi) is 9.82. The van der Waals surface area contributed by atoms with Gasteiger partial charge >= 0.3 is 0 Å². The number of aromatic nitrogens is 2. The molecule has 270 valence electrons. The monoisotopic (exact) mass is 738 g/mol. The van der Waals surface area contributed by atoms with E-state index in [0.717, 1.165) is 108 Å². The molecule has 0 aliphatic carbocycles. The molecule has 6 heterocycles. The minimum atomic E-state index is 0.132. The fraction of sp³-hybridized carbons (Fsp3) is 0.400. The zero-order chi connectivity index (χ0) is 35.9. The quantitative estimate of drug-likeness (QED) is 0.159. The van der Waals surface area contributed by atoms with E-state index in [9.17, 15) is 9.59 Å². The Morgan fingerprint density at radius 3 is 1.46 bits per heavy atom. The van der Waals surface area contributed by atoms with Crippen LogP contribution in [0.4, 0.5) is 11.6 Å². The number of amides is 2. The van der Waals surface area contributed by atoms with Crippen molar-refractivity contribution in [3.05, 3.63) is 81.8 Å². The molecule has 2 saturated heterocycles. The lowest BCUT2D eigenvalue weighted by Gasteiger charge is -2.33. The third kappa shape index (κ3) is 6.85. The maximum Gasteiger partial charge on any atom is 0.220 e. The van der Waals surface area contributed by atoms with Crippen LogP contribution >= 0.6 is 23.2 Å². The first-order valence-electron chi connectivity index (χ1n) is 18.3. The van der Waals surface area contributed by atoms with Crippen molar-refractivity contribution >= 4 is 46.7 Å². The summed E-state index contributed by atoms with van der Waals surface area (Å²) in [5.74, 6) is 2.13. The molecule has 2 aromatic carbocycles. The number of halogens is 2. The first kappa shape index (κ1) is 34.8. The number of benzene rings is 2. The topological polar surface area (TPSA) is 115 Å². The fourth-order valence-electron chi connectivity index (χ4n) is 8.07. The molecule has 4 aliphatic rings. The molecule has 8 rings (SSSR count). The first-order chi connectivity index (χ1) is 25.2. The van der Waals surface area contributed by atoms with Gasteiger partial charge in [-0.15, -0.1) is 0 Å². The minimum Gasteiger partial charge on any atom is -0.359 e. The van der Waals surface area contributed by atoms with Crippen molar-refractivity contribution in [2.75, 3.05) is 50.1 Å². The van der Waals surface area contributed by atoms with E-state index in [-0.39, 0.29) is 36.0 Å². The van der Waals surface area contributed by atoms with Crippen molar-refractivity contribution in [2.24, 2.45) is 0 Å². The third-order valence-electron chi connectivity index (χ3n) is 11.0. The fourth-order valence-corrected chi connectivity index (χ4v) is 8.72. The minimum absolute atomic E-state index is 0.132. The van der Waals surface area contributed by atoms with Crippen LogP contribution in [0.2, 0.25) is 10.0 Å². The summed E-state index contributed by atoms with van der Waals surface area (Å²) in [5.41, 5.74) is 7.23. The Morgan fingerprint density at radius 1 is 0.635 bits per heavy atom. The van der Waals surface area contributed by atoms with Gasteiger partial charge in [-0.05, 0) is 37.8 Å². The van der Waals surface area contributed by atoms with E-state index in [0.29, 0.717) is 22.9 Å². The van der Waals surface area contributed by atoms with E-state index in [1.54, 1.807) is 0 Å². The SMILES string of the molecule is CN1CC[C@H](NC[C@H]2CCC(=O)N2)c2ccc(-c3cccc(-c4cccc(-c5ccc6c(n5)N(C)CC[C@@H]6NC[C@H]5CCC(=O)N5)c4Cl)c3Cl)nc21. The van der Waals surface area contributed by atoms with Crippen molar-refractivity contribution in [3.8, 4) is 33.6 Å². The molecular formula is C40H44Cl2N8O2. The maximum absolute atomic E-state index is 11.7. The van der Waals surface area contributed by atoms with Gasteiger partial charge < -0.3 is 31.1 Å². The molecule has 4 aromatic rings. The number of carbonyl (C=O) groups is 2. The summed E-state index contributed by atoms with van der Waals surface area (Å²) >= 11 is 14.5. The van der Waals surface area contributed by atoms with Crippen molar-refractivity contribution in [1.29, 1.82) is 0 Å². The van der Waals surface area contributed by atoms with Crippen LogP contribution in [0.25, 0.3) is 33.6 Å². The number of pyridine rings is 2. The molecule has 4 atom stereocenters. The van der Waals surface area contributed by atoms with Crippen LogP contribution in [0.5, 0.6) is 0 Å². The number of rotatable bonds is 9. The second-order valence-corrected chi connectivity index (χ2v) is 15.3. The van der Waals surface area contributed by atoms with Gasteiger partial charge in [-0.2, -0.15) is 0 Å². The number of anilines is 2. The largest absolute Gasteiger partial charge is 0.359 e. The number of fused-ring (bicyclic) bond motifs is 2. The zero-order valence-corrected chi connectivity index (χ0v) is 31.0. The lowest BCUT2D eigenvalue weighted by molar-refractivity contribution is -0.120. The summed E-state index contributed by atoms with van der Waals surface area (Å²) in [6.07, 6.45) is 4.86. The van der Waals surface area contributed by atoms with Crippen molar-refractivity contribution in [3.63, 3.8) is 0 Å². The molecule has 0 unspecified atom stereocenters. The van der Waals surface area contributed by atoms with E-state index >= 15 is 0 Å². The van der Waals surface area contributed by atoms with Gasteiger partial charge in [-0.3, -0.25) is 9.59 Å². The van der Waals surface area contributed by atoms with Gasteiger partial charge in [0.15, 0.2) is 0 Å². The highest BCUT2D eigenvalue weighted by Gasteiger charge is 2.30. The van der Waals surface area contributed by atoms with Crippen LogP contribution in [-0.2, 0) is 9.59 Å². The lowest BCUT2D eigenvalue weighted by Crippen LogP contribution is -2.40. The second kappa shape index (κ2) is 14.7. The first-order valence-corrected chi connectivity index (χ1v) is 19.1. The molecule has 12 heteroatoms. The molecule has 4 aliphatic heterocycles. The third-order valence-corrected chi connectivity index (χ3v) is 11.8. The van der Waals surface area contributed by atoms with Gasteiger partial charge in [0.05, 0.1) is 21.4 Å². The van der Waals surface area contributed by atoms with Gasteiger partial charge in [-0.25, -0.2) is 9.97 Å². The number of carbonyl (C=O) groups excluding carboxylic acids is 2. The van der Waals surface area contributed by atoms with E-state index in [1.165, 1.54) is 0 Å². The smallest absolute Gasteiger partial charge is 0.220 e. The summed E-state index contributed by atoms with van der Waals surface area (Å²) in [6.45, 7) is 3.23. The van der Waals surface area contributed by atoms with Gasteiger partial charge in [0, 0.05) is 111 Å². The average molecular weight is 740 g/mol. The van der Waals surface area contributed by atoms with E-state index in [1.807, 2.05) is 48.5 Å². The van der Waals surface area contributed by atoms with Crippen molar-refractivity contribution < 1.29 is 9.59 Å². The molecule has 2 aromatic heterocycles. The van der Waals surface area contributed by atoms with Crippen LogP contribution in [0.3, 0.4) is 0 Å². The van der Waals surface area contributed by atoms with Crippen molar-refractivity contribution in [1.82, 2.24) is 31.2 Å². The normalized spacial score (nSPS) is 22.6. The Balaban J connectivity index is 1.05. The van der Waals surface area contributed by atoms with E-state index < -0.39 is 0 Å². The van der Waals surface area contributed by atoms with Gasteiger partial charge in [-0.1, -0.05) is 71.7 Å². The van der Waals surface area contributed by atoms with Crippen molar-refractivity contribution in [2.45, 2.75) is 62.7 Å². The van der Waals surface area contributed by atoms with Crippen LogP contribution in [0, 0.1) is 0 Å². The molecule has 0 radical (unpaired) electrons. The highest BCUT2D eigenvalue weighted by Crippen LogP contribution is 2.44. The van der Waals surface area contributed by atoms with Gasteiger partial charge in [0.2, 0.25) is 11.8 Å². The lowest BCUT2D eigenvalue weighted by atomic mass is 9.95. The number of hydrogen-bond acceptors (Lipinski definition) is 8. The Bertz CT molecular complexity index is 1880. The van der Waals surface area contributed by atoms with E-state index in [2.05, 4.69) is 57.3 Å². The summed E-state index contributed by atoms with van der Waals surface area (Å²) in [4.78, 5) is 38.1. The van der Waals surface area contributed by atoms with Crippen LogP contribution < -0.4 is 31.1 Å². The molecule has 52 heavy (non-hydrogen) atoms. The number of nitrogens with zero attached hydrogens (tertiary/aromatic N) is 4. The summed E-state index contributed by atoms with van der Waals surface area (Å²) < 4.78 is 0. The maximum atomic E-state index is 11.7. The summed E-state index contributed by atoms with van der Waals surface area (Å²) in [6, 6.07) is 21.1.